The first-order valence-electron chi connectivity index (χ1n) is 13.4. The highest BCUT2D eigenvalue weighted by Gasteiger charge is 2.39. The maximum absolute atomic E-state index is 12.9. The van der Waals surface area contributed by atoms with E-state index in [1.54, 1.807) is 12.1 Å². The van der Waals surface area contributed by atoms with E-state index in [9.17, 15) is 19.2 Å². The van der Waals surface area contributed by atoms with Crippen molar-refractivity contribution in [3.63, 3.8) is 0 Å². The van der Waals surface area contributed by atoms with Crippen LogP contribution in [0.3, 0.4) is 0 Å². The zero-order chi connectivity index (χ0) is 29.0. The summed E-state index contributed by atoms with van der Waals surface area (Å²) in [5.41, 5.74) is 1.53. The van der Waals surface area contributed by atoms with Crippen LogP contribution in [0.4, 0.5) is 0 Å². The molecule has 1 aromatic rings. The Labute approximate surface area is 234 Å². The lowest BCUT2D eigenvalue weighted by molar-refractivity contribution is -0.156. The molecule has 2 aliphatic heterocycles. The van der Waals surface area contributed by atoms with Gasteiger partial charge in [-0.3, -0.25) is 24.5 Å². The van der Waals surface area contributed by atoms with Gasteiger partial charge < -0.3 is 28.6 Å². The Morgan fingerprint density at radius 1 is 0.975 bits per heavy atom. The number of hydrogen-bond acceptors (Lipinski definition) is 9. The van der Waals surface area contributed by atoms with Gasteiger partial charge in [0.15, 0.2) is 0 Å². The van der Waals surface area contributed by atoms with Crippen molar-refractivity contribution < 1.29 is 42.9 Å². The van der Waals surface area contributed by atoms with Gasteiger partial charge in [0.05, 0.1) is 52.7 Å². The lowest BCUT2D eigenvalue weighted by atomic mass is 10.0. The molecule has 1 unspecified atom stereocenters. The van der Waals surface area contributed by atoms with Gasteiger partial charge in [0.1, 0.15) is 18.2 Å². The largest absolute Gasteiger partial charge is 0.460 e. The highest BCUT2D eigenvalue weighted by Crippen LogP contribution is 2.29. The molecule has 2 aliphatic rings. The molecule has 11 nitrogen and oxygen atoms in total. The summed E-state index contributed by atoms with van der Waals surface area (Å²) in [7, 11) is 0. The van der Waals surface area contributed by atoms with Crippen molar-refractivity contribution in [2.75, 3.05) is 52.9 Å². The first-order chi connectivity index (χ1) is 19.2. The van der Waals surface area contributed by atoms with Crippen molar-refractivity contribution in [3.8, 4) is 11.8 Å². The van der Waals surface area contributed by atoms with Gasteiger partial charge in [0.2, 0.25) is 11.8 Å². The Hall–Kier alpha value is -3.30. The fraction of sp³-hybridized carbons (Fsp3) is 0.586. The predicted molar refractivity (Wildman–Crippen MR) is 143 cm³/mol. The maximum Gasteiger partial charge on any atom is 0.308 e. The van der Waals surface area contributed by atoms with E-state index in [0.717, 1.165) is 5.56 Å². The van der Waals surface area contributed by atoms with Crippen LogP contribution >= 0.6 is 0 Å². The summed E-state index contributed by atoms with van der Waals surface area (Å²) in [6, 6.07) is 4.67. The summed E-state index contributed by atoms with van der Waals surface area (Å²) in [6.45, 7) is 8.65. The number of piperidine rings is 1. The second-order valence-electron chi connectivity index (χ2n) is 10.3. The van der Waals surface area contributed by atoms with E-state index in [1.165, 1.54) is 4.90 Å². The normalized spacial score (nSPS) is 16.8. The number of fused-ring (bicyclic) bond motifs is 1. The van der Waals surface area contributed by atoms with E-state index in [0.29, 0.717) is 63.8 Å². The Morgan fingerprint density at radius 2 is 1.62 bits per heavy atom. The minimum absolute atomic E-state index is 0.203. The summed E-state index contributed by atoms with van der Waals surface area (Å²) in [4.78, 5) is 49.6. The SMILES string of the molecule is CC(C)(C)OC(=O)CCOCCOCCOCCOCC#Cc1cccc2c1CN(C1CCC(=O)NC1=O)C2=O. The van der Waals surface area contributed by atoms with Gasteiger partial charge in [0, 0.05) is 24.1 Å². The van der Waals surface area contributed by atoms with Crippen molar-refractivity contribution in [2.24, 2.45) is 0 Å². The van der Waals surface area contributed by atoms with Crippen molar-refractivity contribution in [1.29, 1.82) is 0 Å². The van der Waals surface area contributed by atoms with Crippen molar-refractivity contribution in [2.45, 2.75) is 58.2 Å². The second-order valence-corrected chi connectivity index (χ2v) is 10.3. The molecule has 0 aliphatic carbocycles. The number of imide groups is 1. The number of nitrogens with one attached hydrogen (secondary N) is 1. The van der Waals surface area contributed by atoms with Crippen LogP contribution in [0.1, 0.15) is 61.5 Å². The van der Waals surface area contributed by atoms with Crippen LogP contribution in [-0.4, -0.2) is 93.1 Å². The topological polar surface area (TPSA) is 130 Å². The fourth-order valence-electron chi connectivity index (χ4n) is 4.17. The van der Waals surface area contributed by atoms with Crippen LogP contribution in [0.25, 0.3) is 0 Å². The maximum atomic E-state index is 12.9. The Morgan fingerprint density at radius 3 is 2.27 bits per heavy atom. The molecule has 1 saturated heterocycles. The number of nitrogens with zero attached hydrogens (tertiary/aromatic N) is 1. The smallest absolute Gasteiger partial charge is 0.308 e. The molecular weight excluding hydrogens is 520 g/mol. The molecule has 0 aromatic heterocycles. The molecule has 1 N–H and O–H groups in total. The van der Waals surface area contributed by atoms with Gasteiger partial charge in [-0.25, -0.2) is 0 Å². The van der Waals surface area contributed by atoms with Gasteiger partial charge in [-0.15, -0.1) is 0 Å². The van der Waals surface area contributed by atoms with E-state index in [1.807, 2.05) is 26.8 Å². The molecule has 3 amide bonds. The third-order valence-electron chi connectivity index (χ3n) is 5.97. The van der Waals surface area contributed by atoms with Crippen molar-refractivity contribution in [1.82, 2.24) is 10.2 Å². The Bertz CT molecular complexity index is 1120. The second kappa shape index (κ2) is 15.5. The summed E-state index contributed by atoms with van der Waals surface area (Å²) >= 11 is 0. The molecule has 40 heavy (non-hydrogen) atoms. The van der Waals surface area contributed by atoms with Crippen LogP contribution in [0, 0.1) is 11.8 Å². The van der Waals surface area contributed by atoms with E-state index < -0.39 is 17.6 Å². The molecule has 1 fully saturated rings. The van der Waals surface area contributed by atoms with Gasteiger partial charge in [-0.2, -0.15) is 0 Å². The molecule has 0 bridgehead atoms. The van der Waals surface area contributed by atoms with Gasteiger partial charge >= 0.3 is 5.97 Å². The molecule has 0 spiro atoms. The van der Waals surface area contributed by atoms with E-state index in [2.05, 4.69) is 17.2 Å². The molecule has 218 valence electrons. The number of rotatable bonds is 14. The summed E-state index contributed by atoms with van der Waals surface area (Å²) < 4.78 is 26.9. The molecule has 0 saturated carbocycles. The molecule has 2 heterocycles. The highest BCUT2D eigenvalue weighted by atomic mass is 16.6. The van der Waals surface area contributed by atoms with Gasteiger partial charge in [-0.05, 0) is 44.9 Å². The van der Waals surface area contributed by atoms with Crippen LogP contribution in [-0.2, 0) is 44.6 Å². The summed E-state index contributed by atoms with van der Waals surface area (Å²) in [6.07, 6.45) is 0.741. The molecule has 0 radical (unpaired) electrons. The Kier molecular flexibility index (Phi) is 12.1. The number of carbonyl (C=O) groups is 4. The lowest BCUT2D eigenvalue weighted by Crippen LogP contribution is -2.52. The average Bonchev–Trinajstić information content (AvgIpc) is 3.22. The predicted octanol–water partition coefficient (Wildman–Crippen LogP) is 1.60. The van der Waals surface area contributed by atoms with E-state index >= 15 is 0 Å². The first-order valence-corrected chi connectivity index (χ1v) is 13.4. The quantitative estimate of drug-likeness (QED) is 0.157. The van der Waals surface area contributed by atoms with Crippen LogP contribution in [0.5, 0.6) is 0 Å². The number of benzene rings is 1. The van der Waals surface area contributed by atoms with Gasteiger partial charge in [-0.1, -0.05) is 17.9 Å². The molecule has 11 heteroatoms. The lowest BCUT2D eigenvalue weighted by Gasteiger charge is -2.29. The Balaban J connectivity index is 1.24. The summed E-state index contributed by atoms with van der Waals surface area (Å²) in [5, 5.41) is 2.31. The van der Waals surface area contributed by atoms with Crippen LogP contribution in [0.2, 0.25) is 0 Å². The number of esters is 1. The number of ether oxygens (including phenoxy) is 5. The highest BCUT2D eigenvalue weighted by molar-refractivity contribution is 6.05. The fourth-order valence-corrected chi connectivity index (χ4v) is 4.17. The van der Waals surface area contributed by atoms with E-state index in [4.69, 9.17) is 23.7 Å². The van der Waals surface area contributed by atoms with E-state index in [-0.39, 0.29) is 43.8 Å². The third kappa shape index (κ3) is 10.0. The molecule has 3 rings (SSSR count). The van der Waals surface area contributed by atoms with Crippen LogP contribution in [0.15, 0.2) is 18.2 Å². The first kappa shape index (κ1) is 31.2. The minimum atomic E-state index is -0.656. The number of amides is 3. The van der Waals surface area contributed by atoms with Crippen molar-refractivity contribution in [3.05, 3.63) is 34.9 Å². The third-order valence-corrected chi connectivity index (χ3v) is 5.97. The van der Waals surface area contributed by atoms with Crippen molar-refractivity contribution >= 4 is 23.7 Å². The van der Waals surface area contributed by atoms with Crippen LogP contribution < -0.4 is 5.32 Å². The standard InChI is InChI=1S/C29H38N2O9/c1-29(2,3)40-26(33)11-13-37-15-17-39-19-18-38-16-14-36-12-5-7-21-6-4-8-22-23(21)20-31(28(22)35)24-9-10-25(32)30-27(24)34/h4,6,8,24H,9-20H2,1-3H3,(H,30,32,34). The molecule has 1 aromatic carbocycles. The van der Waals surface area contributed by atoms with Gasteiger partial charge in [0.25, 0.3) is 5.91 Å². The monoisotopic (exact) mass is 558 g/mol. The average molecular weight is 559 g/mol. The summed E-state index contributed by atoms with van der Waals surface area (Å²) in [5.74, 6) is 4.76. The zero-order valence-electron chi connectivity index (χ0n) is 23.4. The zero-order valence-corrected chi connectivity index (χ0v) is 23.4. The minimum Gasteiger partial charge on any atom is -0.460 e. The number of hydrogen-bond donors (Lipinski definition) is 1. The molecule has 1 atom stereocenters. The molecular formula is C29H38N2O9. The number of carbonyl (C=O) groups excluding carboxylic acids is 4.